The Labute approximate surface area is 175 Å². The molecule has 6 heteroatoms. The summed E-state index contributed by atoms with van der Waals surface area (Å²) in [6.45, 7) is 1.20. The predicted molar refractivity (Wildman–Crippen MR) is 113 cm³/mol. The van der Waals surface area contributed by atoms with Crippen LogP contribution in [-0.4, -0.2) is 47.2 Å². The molecule has 0 bridgehead atoms. The van der Waals surface area contributed by atoms with Crippen molar-refractivity contribution in [1.29, 1.82) is 0 Å². The van der Waals surface area contributed by atoms with E-state index in [2.05, 4.69) is 5.32 Å². The minimum absolute atomic E-state index is 0.0451. The summed E-state index contributed by atoms with van der Waals surface area (Å²) < 4.78 is 0. The van der Waals surface area contributed by atoms with Crippen LogP contribution in [0.5, 0.6) is 0 Å². The minimum Gasteiger partial charge on any atom is -0.333 e. The number of hydrogen-bond donors (Lipinski definition) is 1. The van der Waals surface area contributed by atoms with Crippen LogP contribution < -0.4 is 5.32 Å². The maximum atomic E-state index is 13.4. The van der Waals surface area contributed by atoms with E-state index >= 15 is 0 Å². The third-order valence-corrected chi connectivity index (χ3v) is 6.77. The normalized spacial score (nSPS) is 25.5. The molecule has 2 aromatic carbocycles. The van der Waals surface area contributed by atoms with Crippen molar-refractivity contribution in [1.82, 2.24) is 9.80 Å². The average molecular weight is 403 g/mol. The highest BCUT2D eigenvalue weighted by molar-refractivity contribution is 6.07. The van der Waals surface area contributed by atoms with Gasteiger partial charge in [0.25, 0.3) is 0 Å². The second kappa shape index (κ2) is 7.27. The van der Waals surface area contributed by atoms with Gasteiger partial charge in [-0.3, -0.25) is 14.4 Å². The van der Waals surface area contributed by atoms with E-state index in [9.17, 15) is 14.4 Å². The zero-order valence-corrected chi connectivity index (χ0v) is 16.8. The second-order valence-corrected chi connectivity index (χ2v) is 8.39. The van der Waals surface area contributed by atoms with Crippen LogP contribution in [0.2, 0.25) is 0 Å². The van der Waals surface area contributed by atoms with Crippen LogP contribution in [0.4, 0.5) is 5.69 Å². The number of carbonyl (C=O) groups is 3. The standard InChI is InChI=1S/C24H25N3O3/c28-20-12-6-7-14-26(20)16-21(29)27-15-13-24(22(27)17-8-2-1-3-9-17)18-10-4-5-11-19(18)25-23(24)30/h1-5,8-11,22H,6-7,12-16H2,(H,25,30)/t22-,24+/m0/s1. The van der Waals surface area contributed by atoms with E-state index in [1.807, 2.05) is 59.5 Å². The number of nitrogens with one attached hydrogen (secondary N) is 1. The van der Waals surface area contributed by atoms with Gasteiger partial charge < -0.3 is 15.1 Å². The molecule has 3 aliphatic heterocycles. The molecule has 2 aromatic rings. The van der Waals surface area contributed by atoms with Crippen LogP contribution in [0.25, 0.3) is 0 Å². The van der Waals surface area contributed by atoms with Crippen molar-refractivity contribution < 1.29 is 14.4 Å². The molecule has 0 unspecified atom stereocenters. The minimum atomic E-state index is -0.806. The first-order chi connectivity index (χ1) is 14.6. The molecule has 3 aliphatic rings. The molecule has 0 aliphatic carbocycles. The number of para-hydroxylation sites is 1. The highest BCUT2D eigenvalue weighted by Crippen LogP contribution is 2.54. The molecule has 1 N–H and O–H groups in total. The average Bonchev–Trinajstić information content (AvgIpc) is 3.30. The number of benzene rings is 2. The van der Waals surface area contributed by atoms with E-state index in [0.29, 0.717) is 25.9 Å². The van der Waals surface area contributed by atoms with Crippen LogP contribution in [0.3, 0.4) is 0 Å². The molecule has 6 nitrogen and oxygen atoms in total. The molecule has 2 saturated heterocycles. The van der Waals surface area contributed by atoms with E-state index < -0.39 is 11.5 Å². The Morgan fingerprint density at radius 2 is 1.77 bits per heavy atom. The van der Waals surface area contributed by atoms with E-state index in [0.717, 1.165) is 29.7 Å². The maximum absolute atomic E-state index is 13.4. The third-order valence-electron chi connectivity index (χ3n) is 6.77. The summed E-state index contributed by atoms with van der Waals surface area (Å²) in [4.78, 5) is 42.5. The Kier molecular flexibility index (Phi) is 4.57. The van der Waals surface area contributed by atoms with Crippen molar-refractivity contribution in [3.05, 3.63) is 65.7 Å². The molecule has 5 rings (SSSR count). The summed E-state index contributed by atoms with van der Waals surface area (Å²) in [5.41, 5.74) is 1.91. The fourth-order valence-corrected chi connectivity index (χ4v) is 5.34. The SMILES string of the molecule is O=C1CCCCN1CC(=O)N1CC[C@]2(C(=O)Nc3ccccc32)[C@@H]1c1ccccc1. The van der Waals surface area contributed by atoms with Crippen molar-refractivity contribution in [3.8, 4) is 0 Å². The Morgan fingerprint density at radius 3 is 2.57 bits per heavy atom. The molecule has 1 spiro atoms. The monoisotopic (exact) mass is 403 g/mol. The van der Waals surface area contributed by atoms with Crippen LogP contribution in [-0.2, 0) is 19.8 Å². The van der Waals surface area contributed by atoms with Gasteiger partial charge in [0.05, 0.1) is 12.6 Å². The van der Waals surface area contributed by atoms with E-state index in [4.69, 9.17) is 0 Å². The zero-order chi connectivity index (χ0) is 20.7. The van der Waals surface area contributed by atoms with Crippen LogP contribution in [0.1, 0.15) is 42.9 Å². The molecular weight excluding hydrogens is 378 g/mol. The number of carbonyl (C=O) groups excluding carboxylic acids is 3. The van der Waals surface area contributed by atoms with Crippen molar-refractivity contribution in [2.24, 2.45) is 0 Å². The largest absolute Gasteiger partial charge is 0.333 e. The van der Waals surface area contributed by atoms with E-state index in [1.54, 1.807) is 4.90 Å². The number of nitrogens with zero attached hydrogens (tertiary/aromatic N) is 2. The predicted octanol–water partition coefficient (Wildman–Crippen LogP) is 2.86. The molecule has 3 amide bonds. The van der Waals surface area contributed by atoms with Gasteiger partial charge in [-0.2, -0.15) is 0 Å². The van der Waals surface area contributed by atoms with E-state index in [1.165, 1.54) is 0 Å². The van der Waals surface area contributed by atoms with Crippen molar-refractivity contribution in [2.75, 3.05) is 25.0 Å². The van der Waals surface area contributed by atoms with Gasteiger partial charge in [-0.25, -0.2) is 0 Å². The molecule has 0 aromatic heterocycles. The lowest BCUT2D eigenvalue weighted by atomic mass is 9.72. The zero-order valence-electron chi connectivity index (χ0n) is 16.8. The molecule has 3 heterocycles. The quantitative estimate of drug-likeness (QED) is 0.857. The lowest BCUT2D eigenvalue weighted by Gasteiger charge is -2.36. The van der Waals surface area contributed by atoms with Gasteiger partial charge in [-0.1, -0.05) is 48.5 Å². The van der Waals surface area contributed by atoms with Gasteiger partial charge in [0.2, 0.25) is 17.7 Å². The highest BCUT2D eigenvalue weighted by atomic mass is 16.2. The highest BCUT2D eigenvalue weighted by Gasteiger charge is 2.59. The maximum Gasteiger partial charge on any atom is 0.242 e. The smallest absolute Gasteiger partial charge is 0.242 e. The fraction of sp³-hybridized carbons (Fsp3) is 0.375. The number of likely N-dealkylation sites (tertiary alicyclic amines) is 2. The Morgan fingerprint density at radius 1 is 1.00 bits per heavy atom. The second-order valence-electron chi connectivity index (χ2n) is 8.39. The van der Waals surface area contributed by atoms with Gasteiger partial charge in [-0.15, -0.1) is 0 Å². The molecule has 2 atom stereocenters. The molecule has 154 valence electrons. The Balaban J connectivity index is 1.54. The molecule has 0 saturated carbocycles. The summed E-state index contributed by atoms with van der Waals surface area (Å²) >= 11 is 0. The first-order valence-electron chi connectivity index (χ1n) is 10.6. The number of fused-ring (bicyclic) bond motifs is 2. The summed E-state index contributed by atoms with van der Waals surface area (Å²) in [6, 6.07) is 17.2. The first kappa shape index (κ1) is 18.9. The summed E-state index contributed by atoms with van der Waals surface area (Å²) in [5, 5.41) is 3.04. The van der Waals surface area contributed by atoms with Gasteiger partial charge in [-0.05, 0) is 36.5 Å². The van der Waals surface area contributed by atoms with Gasteiger partial charge in [0, 0.05) is 25.2 Å². The van der Waals surface area contributed by atoms with E-state index in [-0.39, 0.29) is 24.3 Å². The van der Waals surface area contributed by atoms with Gasteiger partial charge in [0.15, 0.2) is 0 Å². The lowest BCUT2D eigenvalue weighted by Crippen LogP contribution is -2.47. The number of amides is 3. The summed E-state index contributed by atoms with van der Waals surface area (Å²) in [7, 11) is 0. The molecule has 0 radical (unpaired) electrons. The van der Waals surface area contributed by atoms with Crippen LogP contribution in [0, 0.1) is 0 Å². The van der Waals surface area contributed by atoms with Crippen LogP contribution >= 0.6 is 0 Å². The molecule has 2 fully saturated rings. The fourth-order valence-electron chi connectivity index (χ4n) is 5.34. The van der Waals surface area contributed by atoms with Gasteiger partial charge in [0.1, 0.15) is 5.41 Å². The topological polar surface area (TPSA) is 69.7 Å². The number of hydrogen-bond acceptors (Lipinski definition) is 3. The Hall–Kier alpha value is -3.15. The summed E-state index contributed by atoms with van der Waals surface area (Å²) in [5.74, 6) is -0.0983. The number of anilines is 1. The van der Waals surface area contributed by atoms with Crippen LogP contribution in [0.15, 0.2) is 54.6 Å². The first-order valence-corrected chi connectivity index (χ1v) is 10.6. The number of piperidine rings is 1. The van der Waals surface area contributed by atoms with Gasteiger partial charge >= 0.3 is 0 Å². The summed E-state index contributed by atoms with van der Waals surface area (Å²) in [6.07, 6.45) is 2.89. The molecular formula is C24H25N3O3. The number of rotatable bonds is 3. The van der Waals surface area contributed by atoms with Crippen molar-refractivity contribution in [2.45, 2.75) is 37.1 Å². The third kappa shape index (κ3) is 2.82. The van der Waals surface area contributed by atoms with Crippen molar-refractivity contribution in [3.63, 3.8) is 0 Å². The lowest BCUT2D eigenvalue weighted by molar-refractivity contribution is -0.143. The molecule has 30 heavy (non-hydrogen) atoms. The Bertz CT molecular complexity index is 1010. The van der Waals surface area contributed by atoms with Crippen molar-refractivity contribution >= 4 is 23.4 Å².